The highest BCUT2D eigenvalue weighted by Crippen LogP contribution is 2.34. The zero-order valence-corrected chi connectivity index (χ0v) is 14.6. The highest BCUT2D eigenvalue weighted by molar-refractivity contribution is 8.26. The van der Waals surface area contributed by atoms with Gasteiger partial charge in [-0.3, -0.25) is 9.69 Å². The maximum absolute atomic E-state index is 12.5. The summed E-state index contributed by atoms with van der Waals surface area (Å²) in [6, 6.07) is 5.56. The van der Waals surface area contributed by atoms with E-state index in [0.29, 0.717) is 16.0 Å². The summed E-state index contributed by atoms with van der Waals surface area (Å²) in [4.78, 5) is 36.6. The Morgan fingerprint density at radius 2 is 2.00 bits per heavy atom. The molecule has 1 unspecified atom stereocenters. The third-order valence-corrected chi connectivity index (χ3v) is 4.77. The topological polar surface area (TPSA) is 83.9 Å². The van der Waals surface area contributed by atoms with Crippen LogP contribution in [0.15, 0.2) is 29.2 Å². The number of amides is 1. The number of benzene rings is 1. The number of methoxy groups -OCH3 is 1. The molecule has 1 fully saturated rings. The number of nitrogens with zero attached hydrogens (tertiary/aromatic N) is 1. The molecule has 0 spiro atoms. The van der Waals surface area contributed by atoms with Gasteiger partial charge in [0.25, 0.3) is 5.91 Å². The minimum absolute atomic E-state index is 0.228. The van der Waals surface area contributed by atoms with Crippen molar-refractivity contribution in [3.05, 3.63) is 40.3 Å². The van der Waals surface area contributed by atoms with Crippen LogP contribution in [-0.4, -0.2) is 45.3 Å². The number of carboxylic acid groups (broad SMARTS) is 1. The molecule has 0 radical (unpaired) electrons. The molecule has 1 N–H and O–H groups in total. The van der Waals surface area contributed by atoms with Gasteiger partial charge in [-0.05, 0) is 30.2 Å². The summed E-state index contributed by atoms with van der Waals surface area (Å²) in [6.07, 6.45) is 1.89. The lowest BCUT2D eigenvalue weighted by molar-refractivity contribution is -0.145. The molecule has 0 bridgehead atoms. The first kappa shape index (κ1) is 18.2. The Morgan fingerprint density at radius 3 is 2.50 bits per heavy atom. The molecule has 1 saturated heterocycles. The first-order chi connectivity index (χ1) is 11.4. The van der Waals surface area contributed by atoms with Crippen LogP contribution < -0.4 is 0 Å². The summed E-state index contributed by atoms with van der Waals surface area (Å²) in [5.74, 6) is -1.95. The van der Waals surface area contributed by atoms with Gasteiger partial charge in [-0.2, -0.15) is 0 Å². The Bertz CT molecular complexity index is 726. The average Bonchev–Trinajstić information content (AvgIpc) is 2.83. The van der Waals surface area contributed by atoms with E-state index in [2.05, 4.69) is 4.74 Å². The van der Waals surface area contributed by atoms with Gasteiger partial charge in [0.15, 0.2) is 0 Å². The first-order valence-corrected chi connectivity index (χ1v) is 8.29. The number of hydrogen-bond acceptors (Lipinski definition) is 6. The fourth-order valence-electron chi connectivity index (χ4n) is 2.20. The molecule has 1 aromatic carbocycles. The third-order valence-electron chi connectivity index (χ3n) is 3.44. The van der Waals surface area contributed by atoms with Crippen molar-refractivity contribution < 1.29 is 24.2 Å². The van der Waals surface area contributed by atoms with Crippen LogP contribution in [0.2, 0.25) is 0 Å². The van der Waals surface area contributed by atoms with E-state index < -0.39 is 23.9 Å². The summed E-state index contributed by atoms with van der Waals surface area (Å²) in [7, 11) is 1.30. The largest absolute Gasteiger partial charge is 0.480 e. The van der Waals surface area contributed by atoms with Gasteiger partial charge in [-0.1, -0.05) is 43.0 Å². The lowest BCUT2D eigenvalue weighted by atomic mass is 10.1. The Labute approximate surface area is 148 Å². The van der Waals surface area contributed by atoms with Crippen LogP contribution >= 0.6 is 24.0 Å². The van der Waals surface area contributed by atoms with Crippen LogP contribution in [0.1, 0.15) is 29.3 Å². The molecule has 1 atom stereocenters. The fraction of sp³-hybridized carbons (Fsp3) is 0.250. The summed E-state index contributed by atoms with van der Waals surface area (Å²) >= 11 is 6.21. The number of carboxylic acids is 1. The van der Waals surface area contributed by atoms with Gasteiger partial charge in [0.05, 0.1) is 17.6 Å². The standard InChI is InChI=1S/C16H15NO5S2/c1-3-11(14(19)20)17-13(18)12(24-16(17)23)8-9-4-6-10(7-5-9)15(21)22-2/h4-8,11H,3H2,1-2H3,(H,19,20). The molecule has 1 aliphatic rings. The number of thiocarbonyl (C=S) groups is 1. The highest BCUT2D eigenvalue weighted by Gasteiger charge is 2.39. The third kappa shape index (κ3) is 3.65. The van der Waals surface area contributed by atoms with Crippen LogP contribution in [-0.2, 0) is 14.3 Å². The van der Waals surface area contributed by atoms with E-state index in [1.165, 1.54) is 7.11 Å². The summed E-state index contributed by atoms with van der Waals surface area (Å²) < 4.78 is 4.85. The molecule has 0 aliphatic carbocycles. The van der Waals surface area contributed by atoms with Crippen LogP contribution in [0.3, 0.4) is 0 Å². The van der Waals surface area contributed by atoms with Crippen molar-refractivity contribution in [2.45, 2.75) is 19.4 Å². The van der Waals surface area contributed by atoms with E-state index in [4.69, 9.17) is 12.2 Å². The van der Waals surface area contributed by atoms with E-state index in [9.17, 15) is 19.5 Å². The molecular weight excluding hydrogens is 350 g/mol. The molecule has 1 amide bonds. The second kappa shape index (κ2) is 7.59. The molecule has 8 heteroatoms. The molecule has 126 valence electrons. The minimum atomic E-state index is -1.09. The normalized spacial score (nSPS) is 17.2. The van der Waals surface area contributed by atoms with Gasteiger partial charge in [0.1, 0.15) is 10.4 Å². The van der Waals surface area contributed by atoms with E-state index in [1.54, 1.807) is 37.3 Å². The molecule has 1 aliphatic heterocycles. The van der Waals surface area contributed by atoms with E-state index in [-0.39, 0.29) is 10.7 Å². The van der Waals surface area contributed by atoms with Gasteiger partial charge in [-0.25, -0.2) is 9.59 Å². The number of esters is 1. The van der Waals surface area contributed by atoms with Crippen molar-refractivity contribution in [3.63, 3.8) is 0 Å². The lowest BCUT2D eigenvalue weighted by Gasteiger charge is -2.21. The minimum Gasteiger partial charge on any atom is -0.480 e. The number of thioether (sulfide) groups is 1. The molecule has 24 heavy (non-hydrogen) atoms. The number of ether oxygens (including phenoxy) is 1. The number of carbonyl (C=O) groups is 3. The van der Waals surface area contributed by atoms with Crippen molar-refractivity contribution >= 4 is 52.2 Å². The second-order valence-electron chi connectivity index (χ2n) is 4.93. The van der Waals surface area contributed by atoms with E-state index in [1.807, 2.05) is 0 Å². The molecule has 0 aromatic heterocycles. The molecule has 6 nitrogen and oxygen atoms in total. The maximum Gasteiger partial charge on any atom is 0.337 e. The van der Waals surface area contributed by atoms with Gasteiger partial charge in [0, 0.05) is 0 Å². The zero-order chi connectivity index (χ0) is 17.9. The molecule has 2 rings (SSSR count). The number of aliphatic carboxylic acids is 1. The maximum atomic E-state index is 12.5. The molecule has 1 heterocycles. The number of carbonyl (C=O) groups excluding carboxylic acids is 2. The van der Waals surface area contributed by atoms with Gasteiger partial charge in [0.2, 0.25) is 0 Å². The van der Waals surface area contributed by atoms with E-state index in [0.717, 1.165) is 16.7 Å². The Kier molecular flexibility index (Phi) is 5.74. The summed E-state index contributed by atoms with van der Waals surface area (Å²) in [5, 5.41) is 9.23. The highest BCUT2D eigenvalue weighted by atomic mass is 32.2. The molecule has 1 aromatic rings. The van der Waals surface area contributed by atoms with Crippen LogP contribution in [0.25, 0.3) is 6.08 Å². The SMILES string of the molecule is CCC(C(=O)O)N1C(=O)C(=Cc2ccc(C(=O)OC)cc2)SC1=S. The Morgan fingerprint density at radius 1 is 1.38 bits per heavy atom. The second-order valence-corrected chi connectivity index (χ2v) is 6.60. The summed E-state index contributed by atoms with van der Waals surface area (Å²) in [6.45, 7) is 1.69. The van der Waals surface area contributed by atoms with Crippen LogP contribution in [0.5, 0.6) is 0 Å². The molecule has 0 saturated carbocycles. The smallest absolute Gasteiger partial charge is 0.337 e. The van der Waals surface area contributed by atoms with Crippen molar-refractivity contribution in [1.82, 2.24) is 4.90 Å². The van der Waals surface area contributed by atoms with Crippen molar-refractivity contribution in [2.24, 2.45) is 0 Å². The van der Waals surface area contributed by atoms with Gasteiger partial charge < -0.3 is 9.84 Å². The fourth-order valence-corrected chi connectivity index (χ4v) is 3.56. The molecular formula is C16H15NO5S2. The lowest BCUT2D eigenvalue weighted by Crippen LogP contribution is -2.43. The van der Waals surface area contributed by atoms with Crippen molar-refractivity contribution in [2.75, 3.05) is 7.11 Å². The Balaban J connectivity index is 2.25. The summed E-state index contributed by atoms with van der Waals surface area (Å²) in [5.41, 5.74) is 1.10. The average molecular weight is 365 g/mol. The van der Waals surface area contributed by atoms with Gasteiger partial charge in [-0.15, -0.1) is 0 Å². The predicted octanol–water partition coefficient (Wildman–Crippen LogP) is 2.54. The quantitative estimate of drug-likeness (QED) is 0.488. The first-order valence-electron chi connectivity index (χ1n) is 7.07. The number of rotatable bonds is 5. The van der Waals surface area contributed by atoms with E-state index >= 15 is 0 Å². The predicted molar refractivity (Wildman–Crippen MR) is 94.5 cm³/mol. The Hall–Kier alpha value is -2.19. The number of hydrogen-bond donors (Lipinski definition) is 1. The van der Waals surface area contributed by atoms with Crippen LogP contribution in [0, 0.1) is 0 Å². The van der Waals surface area contributed by atoms with Crippen molar-refractivity contribution in [1.29, 1.82) is 0 Å². The van der Waals surface area contributed by atoms with Crippen LogP contribution in [0.4, 0.5) is 0 Å². The van der Waals surface area contributed by atoms with Gasteiger partial charge >= 0.3 is 11.9 Å². The van der Waals surface area contributed by atoms with Crippen molar-refractivity contribution in [3.8, 4) is 0 Å². The monoisotopic (exact) mass is 365 g/mol. The zero-order valence-electron chi connectivity index (χ0n) is 13.0.